The number of guanidine groups is 1. The van der Waals surface area contributed by atoms with Gasteiger partial charge in [-0.15, -0.1) is 35.3 Å². The van der Waals surface area contributed by atoms with Crippen molar-refractivity contribution in [3.63, 3.8) is 0 Å². The number of aromatic nitrogens is 1. The molecule has 1 aliphatic rings. The average Bonchev–Trinajstić information content (AvgIpc) is 3.07. The van der Waals surface area contributed by atoms with Gasteiger partial charge in [0.1, 0.15) is 4.34 Å². The maximum absolute atomic E-state index is 12.9. The molecule has 1 aromatic heterocycles. The topological polar surface area (TPSA) is 49.3 Å². The van der Waals surface area contributed by atoms with Crippen LogP contribution in [0.2, 0.25) is 0 Å². The molecule has 0 bridgehead atoms. The van der Waals surface area contributed by atoms with E-state index in [4.69, 9.17) is 0 Å². The molecule has 4 nitrogen and oxygen atoms in total. The van der Waals surface area contributed by atoms with E-state index in [2.05, 4.69) is 20.6 Å². The van der Waals surface area contributed by atoms with Gasteiger partial charge in [0.15, 0.2) is 5.96 Å². The predicted molar refractivity (Wildman–Crippen MR) is 114 cm³/mol. The summed E-state index contributed by atoms with van der Waals surface area (Å²) in [7, 11) is 0. The van der Waals surface area contributed by atoms with Crippen molar-refractivity contribution in [1.29, 1.82) is 0 Å². The van der Waals surface area contributed by atoms with Crippen molar-refractivity contribution < 1.29 is 13.2 Å². The van der Waals surface area contributed by atoms with Gasteiger partial charge < -0.3 is 10.6 Å². The second kappa shape index (κ2) is 12.3. The van der Waals surface area contributed by atoms with Gasteiger partial charge in [0.05, 0.1) is 5.92 Å². The Morgan fingerprint density at radius 3 is 2.88 bits per heavy atom. The van der Waals surface area contributed by atoms with E-state index in [9.17, 15) is 13.2 Å². The van der Waals surface area contributed by atoms with Gasteiger partial charge in [0.25, 0.3) is 0 Å². The maximum atomic E-state index is 12.9. The lowest BCUT2D eigenvalue weighted by atomic mass is 9.85. The second-order valence-electron chi connectivity index (χ2n) is 6.01. The summed E-state index contributed by atoms with van der Waals surface area (Å²) >= 11 is 3.32. The molecule has 26 heavy (non-hydrogen) atoms. The summed E-state index contributed by atoms with van der Waals surface area (Å²) in [6.07, 6.45) is 0.329. The zero-order chi connectivity index (χ0) is 18.1. The van der Waals surface area contributed by atoms with Gasteiger partial charge in [-0.05, 0) is 32.6 Å². The summed E-state index contributed by atoms with van der Waals surface area (Å²) in [5.41, 5.74) is 0. The van der Waals surface area contributed by atoms with Crippen LogP contribution < -0.4 is 10.6 Å². The van der Waals surface area contributed by atoms with Gasteiger partial charge in [-0.3, -0.25) is 4.99 Å². The fraction of sp³-hybridized carbons (Fsp3) is 0.750. The number of aliphatic imine (C=N–C) groups is 1. The Labute approximate surface area is 178 Å². The Kier molecular flexibility index (Phi) is 11.2. The molecule has 0 amide bonds. The number of halogens is 4. The molecule has 1 aromatic rings. The molecule has 150 valence electrons. The van der Waals surface area contributed by atoms with Crippen molar-refractivity contribution in [2.45, 2.75) is 55.6 Å². The highest BCUT2D eigenvalue weighted by Gasteiger charge is 2.42. The smallest absolute Gasteiger partial charge is 0.357 e. The van der Waals surface area contributed by atoms with Crippen LogP contribution in [-0.2, 0) is 0 Å². The molecule has 0 spiro atoms. The van der Waals surface area contributed by atoms with Crippen LogP contribution in [0.1, 0.15) is 39.0 Å². The molecule has 1 heterocycles. The molecule has 2 atom stereocenters. The average molecular weight is 522 g/mol. The third-order valence-corrected chi connectivity index (χ3v) is 6.08. The molecule has 0 aliphatic heterocycles. The Hall–Kier alpha value is -0.230. The Bertz CT molecular complexity index is 526. The van der Waals surface area contributed by atoms with E-state index in [-0.39, 0.29) is 42.9 Å². The largest absolute Gasteiger partial charge is 0.391 e. The fourth-order valence-corrected chi connectivity index (χ4v) is 4.46. The molecular formula is C16H26F3IN4S2. The number of nitrogens with one attached hydrogen (secondary N) is 2. The van der Waals surface area contributed by atoms with Crippen molar-refractivity contribution in [3.05, 3.63) is 11.6 Å². The first kappa shape index (κ1) is 23.8. The maximum Gasteiger partial charge on any atom is 0.391 e. The van der Waals surface area contributed by atoms with E-state index >= 15 is 0 Å². The minimum atomic E-state index is -4.09. The highest BCUT2D eigenvalue weighted by atomic mass is 127. The van der Waals surface area contributed by atoms with Gasteiger partial charge in [-0.25, -0.2) is 4.98 Å². The van der Waals surface area contributed by atoms with Crippen molar-refractivity contribution in [2.24, 2.45) is 10.9 Å². The third-order valence-electron chi connectivity index (χ3n) is 4.03. The van der Waals surface area contributed by atoms with E-state index in [1.54, 1.807) is 29.3 Å². The molecule has 10 heteroatoms. The number of thioether (sulfide) groups is 1. The first-order valence-electron chi connectivity index (χ1n) is 8.63. The van der Waals surface area contributed by atoms with Gasteiger partial charge in [0.2, 0.25) is 0 Å². The lowest BCUT2D eigenvalue weighted by Crippen LogP contribution is -2.46. The lowest BCUT2D eigenvalue weighted by Gasteiger charge is -2.31. The van der Waals surface area contributed by atoms with Crippen molar-refractivity contribution in [1.82, 2.24) is 15.6 Å². The molecule has 2 unspecified atom stereocenters. The van der Waals surface area contributed by atoms with Crippen LogP contribution >= 0.6 is 47.1 Å². The van der Waals surface area contributed by atoms with E-state index in [1.165, 1.54) is 0 Å². The second-order valence-corrected chi connectivity index (χ2v) is 8.24. The lowest BCUT2D eigenvalue weighted by molar-refractivity contribution is -0.183. The summed E-state index contributed by atoms with van der Waals surface area (Å²) < 4.78 is 39.8. The number of thiazole rings is 1. The first-order chi connectivity index (χ1) is 12.0. The molecule has 0 aromatic carbocycles. The molecule has 0 radical (unpaired) electrons. The summed E-state index contributed by atoms with van der Waals surface area (Å²) in [6, 6.07) is -0.164. The number of rotatable bonds is 7. The molecular weight excluding hydrogens is 496 g/mol. The summed E-state index contributed by atoms with van der Waals surface area (Å²) in [5.74, 6) is 0.349. The highest BCUT2D eigenvalue weighted by Crippen LogP contribution is 2.37. The molecule has 2 N–H and O–H groups in total. The van der Waals surface area contributed by atoms with Crippen LogP contribution in [0, 0.1) is 5.92 Å². The summed E-state index contributed by atoms with van der Waals surface area (Å²) in [4.78, 5) is 8.71. The summed E-state index contributed by atoms with van der Waals surface area (Å²) in [5, 5.41) is 8.26. The van der Waals surface area contributed by atoms with Crippen LogP contribution in [0.4, 0.5) is 13.2 Å². The Balaban J connectivity index is 0.00000338. The number of nitrogens with zero attached hydrogens (tertiary/aromatic N) is 2. The van der Waals surface area contributed by atoms with E-state index in [0.29, 0.717) is 25.5 Å². The highest BCUT2D eigenvalue weighted by molar-refractivity contribution is 14.0. The van der Waals surface area contributed by atoms with Crippen LogP contribution in [0.25, 0.3) is 0 Å². The minimum absolute atomic E-state index is 0. The zero-order valence-electron chi connectivity index (χ0n) is 14.7. The van der Waals surface area contributed by atoms with Crippen molar-refractivity contribution in [3.8, 4) is 0 Å². The first-order valence-corrected chi connectivity index (χ1v) is 10.5. The normalized spacial score (nSPS) is 21.2. The molecule has 1 aliphatic carbocycles. The quantitative estimate of drug-likeness (QED) is 0.176. The van der Waals surface area contributed by atoms with Crippen molar-refractivity contribution in [2.75, 3.05) is 18.8 Å². The SMILES string of the molecule is CCNC(=NCCCSc1nccs1)NC1CCCC(C(F)(F)F)C1.I. The Morgan fingerprint density at radius 2 is 2.23 bits per heavy atom. The molecule has 2 rings (SSSR count). The van der Waals surface area contributed by atoms with Gasteiger partial charge >= 0.3 is 6.18 Å². The van der Waals surface area contributed by atoms with Crippen LogP contribution in [0.5, 0.6) is 0 Å². The molecule has 1 fully saturated rings. The van der Waals surface area contributed by atoms with Crippen molar-refractivity contribution >= 4 is 53.0 Å². The van der Waals surface area contributed by atoms with E-state index in [0.717, 1.165) is 22.9 Å². The fourth-order valence-electron chi connectivity index (χ4n) is 2.83. The number of hydrogen-bond acceptors (Lipinski definition) is 4. The van der Waals surface area contributed by atoms with Crippen LogP contribution in [0.3, 0.4) is 0 Å². The van der Waals surface area contributed by atoms with Gasteiger partial charge in [-0.2, -0.15) is 13.2 Å². The molecule has 0 saturated heterocycles. The van der Waals surface area contributed by atoms with Gasteiger partial charge in [-0.1, -0.05) is 18.2 Å². The van der Waals surface area contributed by atoms with Crippen LogP contribution in [-0.4, -0.2) is 42.0 Å². The number of alkyl halides is 3. The zero-order valence-corrected chi connectivity index (χ0v) is 18.7. The standard InChI is InChI=1S/C16H25F3N4S2.HI/c1-2-20-14(21-7-4-9-24-15-22-8-10-25-15)23-13-6-3-5-12(11-13)16(17,18)19;/h8,10,12-13H,2-7,9,11H2,1H3,(H2,20,21,23);1H. The van der Waals surface area contributed by atoms with E-state index in [1.807, 2.05) is 12.3 Å². The van der Waals surface area contributed by atoms with Crippen LogP contribution in [0.15, 0.2) is 20.9 Å². The monoisotopic (exact) mass is 522 g/mol. The summed E-state index contributed by atoms with van der Waals surface area (Å²) in [6.45, 7) is 3.28. The molecule has 1 saturated carbocycles. The number of hydrogen-bond donors (Lipinski definition) is 2. The Morgan fingerprint density at radius 1 is 1.42 bits per heavy atom. The minimum Gasteiger partial charge on any atom is -0.357 e. The van der Waals surface area contributed by atoms with Gasteiger partial charge in [0, 0.05) is 36.5 Å². The van der Waals surface area contributed by atoms with E-state index < -0.39 is 12.1 Å². The third kappa shape index (κ3) is 8.64. The predicted octanol–water partition coefficient (Wildman–Crippen LogP) is 4.92.